The van der Waals surface area contributed by atoms with E-state index in [4.69, 9.17) is 0 Å². The lowest BCUT2D eigenvalue weighted by Crippen LogP contribution is -2.38. The second-order valence-electron chi connectivity index (χ2n) is 6.79. The van der Waals surface area contributed by atoms with E-state index in [1.165, 1.54) is 10.5 Å². The lowest BCUT2D eigenvalue weighted by Gasteiger charge is -2.22. The van der Waals surface area contributed by atoms with Crippen molar-refractivity contribution in [3.05, 3.63) is 59.9 Å². The molecule has 0 radical (unpaired) electrons. The fourth-order valence-corrected chi connectivity index (χ4v) is 4.45. The molecule has 4 rings (SSSR count). The van der Waals surface area contributed by atoms with Gasteiger partial charge in [-0.2, -0.15) is 0 Å². The number of hydrogen-bond acceptors (Lipinski definition) is 3. The molecule has 25 heavy (non-hydrogen) atoms. The molecule has 2 atom stereocenters. The Morgan fingerprint density at radius 3 is 2.72 bits per heavy atom. The highest BCUT2D eigenvalue weighted by molar-refractivity contribution is 8.01. The zero-order valence-corrected chi connectivity index (χ0v) is 15.1. The Morgan fingerprint density at radius 1 is 1.20 bits per heavy atom. The zero-order valence-electron chi connectivity index (χ0n) is 14.3. The van der Waals surface area contributed by atoms with Gasteiger partial charge in [0.25, 0.3) is 0 Å². The number of amides is 1. The topological polar surface area (TPSA) is 57.8 Å². The van der Waals surface area contributed by atoms with Gasteiger partial charge in [-0.05, 0) is 36.1 Å². The maximum atomic E-state index is 12.8. The van der Waals surface area contributed by atoms with Gasteiger partial charge in [0, 0.05) is 4.90 Å². The Morgan fingerprint density at radius 2 is 1.96 bits per heavy atom. The number of nitrogens with zero attached hydrogens (tertiary/aromatic N) is 1. The molecule has 1 aromatic heterocycles. The van der Waals surface area contributed by atoms with Gasteiger partial charge in [-0.15, -0.1) is 11.8 Å². The number of aromatic amines is 1. The van der Waals surface area contributed by atoms with Gasteiger partial charge in [0.05, 0.1) is 22.3 Å². The van der Waals surface area contributed by atoms with Gasteiger partial charge in [0.15, 0.2) is 0 Å². The van der Waals surface area contributed by atoms with Gasteiger partial charge in [0.2, 0.25) is 5.91 Å². The number of imidazole rings is 1. The van der Waals surface area contributed by atoms with E-state index >= 15 is 0 Å². The third kappa shape index (κ3) is 3.16. The molecule has 0 fully saturated rings. The van der Waals surface area contributed by atoms with E-state index < -0.39 is 0 Å². The van der Waals surface area contributed by atoms with Crippen molar-refractivity contribution in [1.82, 2.24) is 15.3 Å². The standard InChI is InChI=1S/C20H21N3OS/c1-12(2)18(19-21-14-8-4-5-9-15(14)22-19)23-20(24)17-11-13-7-3-6-10-16(13)25-17/h3-10,12,17-18H,11H2,1-2H3,(H,21,22)(H,23,24)/t17?,18-/m0/s1. The summed E-state index contributed by atoms with van der Waals surface area (Å²) in [6, 6.07) is 16.1. The number of carbonyl (C=O) groups excluding carboxylic acids is 1. The molecule has 4 nitrogen and oxygen atoms in total. The first-order chi connectivity index (χ1) is 12.1. The average Bonchev–Trinajstić information content (AvgIpc) is 3.22. The van der Waals surface area contributed by atoms with E-state index in [2.05, 4.69) is 41.3 Å². The van der Waals surface area contributed by atoms with Crippen LogP contribution >= 0.6 is 11.8 Å². The van der Waals surface area contributed by atoms with E-state index in [9.17, 15) is 4.79 Å². The molecule has 2 aromatic carbocycles. The van der Waals surface area contributed by atoms with Crippen LogP contribution in [-0.2, 0) is 11.2 Å². The molecule has 1 aliphatic rings. The molecule has 0 spiro atoms. The van der Waals surface area contributed by atoms with Gasteiger partial charge in [0.1, 0.15) is 5.82 Å². The number of benzene rings is 2. The monoisotopic (exact) mass is 351 g/mol. The van der Waals surface area contributed by atoms with Gasteiger partial charge in [-0.25, -0.2) is 4.98 Å². The highest BCUT2D eigenvalue weighted by atomic mass is 32.2. The van der Waals surface area contributed by atoms with Crippen LogP contribution < -0.4 is 5.32 Å². The fourth-order valence-electron chi connectivity index (χ4n) is 3.25. The highest BCUT2D eigenvalue weighted by Crippen LogP contribution is 2.37. The van der Waals surface area contributed by atoms with Crippen LogP contribution in [0.5, 0.6) is 0 Å². The van der Waals surface area contributed by atoms with Crippen molar-refractivity contribution in [2.24, 2.45) is 5.92 Å². The summed E-state index contributed by atoms with van der Waals surface area (Å²) in [5.41, 5.74) is 3.19. The molecule has 5 heteroatoms. The number of para-hydroxylation sites is 2. The van der Waals surface area contributed by atoms with Crippen LogP contribution in [0.25, 0.3) is 11.0 Å². The summed E-state index contributed by atoms with van der Waals surface area (Å²) in [6.45, 7) is 4.21. The number of thioether (sulfide) groups is 1. The molecule has 128 valence electrons. The second kappa shape index (κ2) is 6.56. The number of hydrogen-bond donors (Lipinski definition) is 2. The first-order valence-electron chi connectivity index (χ1n) is 8.61. The van der Waals surface area contributed by atoms with Crippen molar-refractivity contribution in [3.8, 4) is 0 Å². The highest BCUT2D eigenvalue weighted by Gasteiger charge is 2.31. The Bertz CT molecular complexity index is 860. The molecule has 0 aliphatic carbocycles. The van der Waals surface area contributed by atoms with Crippen molar-refractivity contribution in [2.45, 2.75) is 36.5 Å². The molecule has 1 aliphatic heterocycles. The van der Waals surface area contributed by atoms with Crippen LogP contribution in [0.1, 0.15) is 31.3 Å². The van der Waals surface area contributed by atoms with Gasteiger partial charge < -0.3 is 10.3 Å². The second-order valence-corrected chi connectivity index (χ2v) is 8.03. The molecule has 2 N–H and O–H groups in total. The van der Waals surface area contributed by atoms with E-state index in [0.717, 1.165) is 23.3 Å². The van der Waals surface area contributed by atoms with E-state index in [1.807, 2.05) is 36.4 Å². The lowest BCUT2D eigenvalue weighted by molar-refractivity contribution is -0.121. The predicted octanol–water partition coefficient (Wildman–Crippen LogP) is 4.09. The van der Waals surface area contributed by atoms with Gasteiger partial charge >= 0.3 is 0 Å². The van der Waals surface area contributed by atoms with Gasteiger partial charge in [-0.3, -0.25) is 4.79 Å². The van der Waals surface area contributed by atoms with Crippen molar-refractivity contribution in [1.29, 1.82) is 0 Å². The molecule has 0 saturated heterocycles. The van der Waals surface area contributed by atoms with Crippen LogP contribution in [0.3, 0.4) is 0 Å². The lowest BCUT2D eigenvalue weighted by atomic mass is 10.0. The predicted molar refractivity (Wildman–Crippen MR) is 102 cm³/mol. The molecule has 1 unspecified atom stereocenters. The minimum absolute atomic E-state index is 0.0666. The SMILES string of the molecule is CC(C)[C@H](NC(=O)C1Cc2ccccc2S1)c1nc2ccccc2[nH]1. The Kier molecular flexibility index (Phi) is 4.25. The first-order valence-corrected chi connectivity index (χ1v) is 9.49. The molecule has 0 saturated carbocycles. The van der Waals surface area contributed by atoms with Crippen molar-refractivity contribution < 1.29 is 4.79 Å². The number of H-pyrrole nitrogens is 1. The largest absolute Gasteiger partial charge is 0.345 e. The maximum absolute atomic E-state index is 12.8. The van der Waals surface area contributed by atoms with Crippen molar-refractivity contribution >= 4 is 28.7 Å². The Balaban J connectivity index is 1.53. The zero-order chi connectivity index (χ0) is 17.4. The fraction of sp³-hybridized carbons (Fsp3) is 0.300. The molecular formula is C20H21N3OS. The number of carbonyl (C=O) groups is 1. The van der Waals surface area contributed by atoms with E-state index in [-0.39, 0.29) is 23.1 Å². The van der Waals surface area contributed by atoms with Crippen LogP contribution in [0, 0.1) is 5.92 Å². The van der Waals surface area contributed by atoms with E-state index in [1.54, 1.807) is 11.8 Å². The van der Waals surface area contributed by atoms with Crippen molar-refractivity contribution in [3.63, 3.8) is 0 Å². The van der Waals surface area contributed by atoms with Crippen molar-refractivity contribution in [2.75, 3.05) is 0 Å². The summed E-state index contributed by atoms with van der Waals surface area (Å²) >= 11 is 1.66. The molecular weight excluding hydrogens is 330 g/mol. The van der Waals surface area contributed by atoms with Crippen LogP contribution in [0.15, 0.2) is 53.4 Å². The Hall–Kier alpha value is -2.27. The molecule has 2 heterocycles. The summed E-state index contributed by atoms with van der Waals surface area (Å²) in [7, 11) is 0. The average molecular weight is 351 g/mol. The summed E-state index contributed by atoms with van der Waals surface area (Å²) < 4.78 is 0. The third-order valence-electron chi connectivity index (χ3n) is 4.61. The maximum Gasteiger partial charge on any atom is 0.234 e. The number of nitrogens with one attached hydrogen (secondary N) is 2. The first kappa shape index (κ1) is 16.2. The summed E-state index contributed by atoms with van der Waals surface area (Å²) in [5, 5.41) is 3.15. The Labute approximate surface area is 151 Å². The molecule has 1 amide bonds. The third-order valence-corrected chi connectivity index (χ3v) is 5.92. The minimum Gasteiger partial charge on any atom is -0.345 e. The summed E-state index contributed by atoms with van der Waals surface area (Å²) in [4.78, 5) is 22.1. The normalized spacial score (nSPS) is 17.6. The summed E-state index contributed by atoms with van der Waals surface area (Å²) in [6.07, 6.45) is 0.789. The summed E-state index contributed by atoms with van der Waals surface area (Å²) in [5.74, 6) is 1.16. The van der Waals surface area contributed by atoms with Crippen LogP contribution in [-0.4, -0.2) is 21.1 Å². The number of rotatable bonds is 4. The number of aromatic nitrogens is 2. The molecule has 3 aromatic rings. The minimum atomic E-state index is -0.121. The smallest absolute Gasteiger partial charge is 0.234 e. The van der Waals surface area contributed by atoms with Crippen LogP contribution in [0.2, 0.25) is 0 Å². The molecule has 0 bridgehead atoms. The number of fused-ring (bicyclic) bond motifs is 2. The van der Waals surface area contributed by atoms with Crippen LogP contribution in [0.4, 0.5) is 0 Å². The quantitative estimate of drug-likeness (QED) is 0.744. The van der Waals surface area contributed by atoms with Gasteiger partial charge in [-0.1, -0.05) is 44.2 Å². The van der Waals surface area contributed by atoms with E-state index in [0.29, 0.717) is 0 Å².